The highest BCUT2D eigenvalue weighted by Gasteiger charge is 2.24. The number of rotatable bonds is 5. The number of hydrogen-bond acceptors (Lipinski definition) is 2. The summed E-state index contributed by atoms with van der Waals surface area (Å²) in [5.74, 6) is -0.0334. The second-order valence-corrected chi connectivity index (χ2v) is 5.98. The van der Waals surface area contributed by atoms with Crippen LogP contribution in [0, 0.1) is 0 Å². The summed E-state index contributed by atoms with van der Waals surface area (Å²) in [5.41, 5.74) is 1.34. The first kappa shape index (κ1) is 15.0. The molecule has 0 aliphatic heterocycles. The van der Waals surface area contributed by atoms with Gasteiger partial charge in [-0.15, -0.1) is 0 Å². The van der Waals surface area contributed by atoms with E-state index in [0.29, 0.717) is 5.56 Å². The van der Waals surface area contributed by atoms with Crippen LogP contribution in [0.15, 0.2) is 36.5 Å². The molecule has 106 valence electrons. The lowest BCUT2D eigenvalue weighted by atomic mass is 9.94. The molecule has 0 aliphatic rings. The summed E-state index contributed by atoms with van der Waals surface area (Å²) in [5, 5.41) is 4.92. The maximum absolute atomic E-state index is 12.6. The normalized spacial score (nSPS) is 13.9. The van der Waals surface area contributed by atoms with Crippen molar-refractivity contribution in [2.45, 2.75) is 32.2 Å². The fourth-order valence-electron chi connectivity index (χ4n) is 2.17. The van der Waals surface area contributed by atoms with Gasteiger partial charge in [-0.05, 0) is 31.9 Å². The van der Waals surface area contributed by atoms with Gasteiger partial charge in [-0.25, -0.2) is 0 Å². The zero-order chi connectivity index (χ0) is 14.6. The van der Waals surface area contributed by atoms with Crippen LogP contribution in [-0.2, 0) is 0 Å². The van der Waals surface area contributed by atoms with E-state index in [9.17, 15) is 4.79 Å². The zero-order valence-corrected chi connectivity index (χ0v) is 13.4. The van der Waals surface area contributed by atoms with Crippen molar-refractivity contribution in [3.63, 3.8) is 0 Å². The maximum Gasteiger partial charge on any atom is 0.252 e. The van der Waals surface area contributed by atoms with Gasteiger partial charge in [0.1, 0.15) is 0 Å². The fraction of sp³-hybridized carbons (Fsp3) is 0.375. The lowest BCUT2D eigenvalue weighted by Crippen LogP contribution is -2.45. The van der Waals surface area contributed by atoms with Crippen molar-refractivity contribution in [1.82, 2.24) is 10.3 Å². The second kappa shape index (κ2) is 6.35. The van der Waals surface area contributed by atoms with Gasteiger partial charge in [-0.3, -0.25) is 9.78 Å². The van der Waals surface area contributed by atoms with E-state index in [1.54, 1.807) is 12.3 Å². The molecule has 1 amide bonds. The standard InChI is InChI=1S/C16H19BrN2O/c1-3-16(2,9-10-17)19-15(20)13-8-11-18-14-7-5-4-6-12(13)14/h4-8,11H,3,9-10H2,1-2H3,(H,19,20). The van der Waals surface area contributed by atoms with E-state index in [4.69, 9.17) is 0 Å². The van der Waals surface area contributed by atoms with E-state index in [0.717, 1.165) is 29.1 Å². The molecule has 20 heavy (non-hydrogen) atoms. The number of carbonyl (C=O) groups excluding carboxylic acids is 1. The van der Waals surface area contributed by atoms with Gasteiger partial charge >= 0.3 is 0 Å². The number of benzene rings is 1. The Morgan fingerprint density at radius 1 is 1.35 bits per heavy atom. The average molecular weight is 335 g/mol. The number of nitrogens with zero attached hydrogens (tertiary/aromatic N) is 1. The minimum absolute atomic E-state index is 0.0334. The molecule has 0 spiro atoms. The van der Waals surface area contributed by atoms with Crippen molar-refractivity contribution in [3.05, 3.63) is 42.1 Å². The van der Waals surface area contributed by atoms with Gasteiger partial charge in [0.25, 0.3) is 5.91 Å². The van der Waals surface area contributed by atoms with Gasteiger partial charge in [0.05, 0.1) is 11.1 Å². The topological polar surface area (TPSA) is 42.0 Å². The summed E-state index contributed by atoms with van der Waals surface area (Å²) in [6, 6.07) is 9.49. The minimum Gasteiger partial charge on any atom is -0.347 e. The molecule has 0 saturated carbocycles. The zero-order valence-electron chi connectivity index (χ0n) is 11.8. The number of fused-ring (bicyclic) bond motifs is 1. The molecule has 1 N–H and O–H groups in total. The highest BCUT2D eigenvalue weighted by molar-refractivity contribution is 9.09. The average Bonchev–Trinajstić information content (AvgIpc) is 2.46. The van der Waals surface area contributed by atoms with E-state index >= 15 is 0 Å². The van der Waals surface area contributed by atoms with Gasteiger partial charge in [-0.2, -0.15) is 0 Å². The van der Waals surface area contributed by atoms with Crippen LogP contribution in [0.25, 0.3) is 10.9 Å². The number of para-hydroxylation sites is 1. The van der Waals surface area contributed by atoms with Crippen LogP contribution in [-0.4, -0.2) is 21.8 Å². The van der Waals surface area contributed by atoms with Crippen LogP contribution < -0.4 is 5.32 Å². The molecular formula is C16H19BrN2O. The lowest BCUT2D eigenvalue weighted by molar-refractivity contribution is 0.0903. The predicted molar refractivity (Wildman–Crippen MR) is 86.3 cm³/mol. The molecule has 3 nitrogen and oxygen atoms in total. The molecule has 2 aromatic rings. The number of aromatic nitrogens is 1. The summed E-state index contributed by atoms with van der Waals surface area (Å²) in [6.07, 6.45) is 3.48. The van der Waals surface area contributed by atoms with Gasteiger partial charge in [0.15, 0.2) is 0 Å². The Bertz CT molecular complexity index is 609. The van der Waals surface area contributed by atoms with E-state index in [2.05, 4.69) is 40.1 Å². The minimum atomic E-state index is -0.190. The number of hydrogen-bond donors (Lipinski definition) is 1. The largest absolute Gasteiger partial charge is 0.347 e. The number of pyridine rings is 1. The number of carbonyl (C=O) groups is 1. The Morgan fingerprint density at radius 2 is 2.10 bits per heavy atom. The van der Waals surface area contributed by atoms with Crippen LogP contribution >= 0.6 is 15.9 Å². The Morgan fingerprint density at radius 3 is 2.80 bits per heavy atom. The monoisotopic (exact) mass is 334 g/mol. The van der Waals surface area contributed by atoms with Gasteiger partial charge in [0.2, 0.25) is 0 Å². The Labute approximate surface area is 127 Å². The van der Waals surface area contributed by atoms with E-state index < -0.39 is 0 Å². The van der Waals surface area contributed by atoms with E-state index in [1.165, 1.54) is 0 Å². The second-order valence-electron chi connectivity index (χ2n) is 5.18. The molecule has 0 saturated heterocycles. The van der Waals surface area contributed by atoms with Gasteiger partial charge in [0, 0.05) is 22.5 Å². The number of alkyl halides is 1. The first-order chi connectivity index (χ1) is 9.59. The first-order valence-corrected chi connectivity index (χ1v) is 7.94. The summed E-state index contributed by atoms with van der Waals surface area (Å²) in [7, 11) is 0. The fourth-order valence-corrected chi connectivity index (χ4v) is 3.05. The molecule has 0 fully saturated rings. The van der Waals surface area contributed by atoms with Crippen LogP contribution in [0.2, 0.25) is 0 Å². The molecule has 0 aliphatic carbocycles. The molecule has 1 aromatic heterocycles. The molecule has 1 aromatic carbocycles. The highest BCUT2D eigenvalue weighted by Crippen LogP contribution is 2.20. The van der Waals surface area contributed by atoms with Crippen LogP contribution in [0.5, 0.6) is 0 Å². The Balaban J connectivity index is 2.32. The molecule has 0 bridgehead atoms. The summed E-state index contributed by atoms with van der Waals surface area (Å²) in [4.78, 5) is 16.8. The van der Waals surface area contributed by atoms with Gasteiger partial charge in [-0.1, -0.05) is 41.1 Å². The van der Waals surface area contributed by atoms with Gasteiger partial charge < -0.3 is 5.32 Å². The Kier molecular flexibility index (Phi) is 4.76. The molecule has 4 heteroatoms. The first-order valence-electron chi connectivity index (χ1n) is 6.82. The summed E-state index contributed by atoms with van der Waals surface area (Å²) < 4.78 is 0. The van der Waals surface area contributed by atoms with E-state index in [-0.39, 0.29) is 11.4 Å². The van der Waals surface area contributed by atoms with Crippen molar-refractivity contribution in [2.75, 3.05) is 5.33 Å². The number of nitrogens with one attached hydrogen (secondary N) is 1. The maximum atomic E-state index is 12.6. The summed E-state index contributed by atoms with van der Waals surface area (Å²) in [6.45, 7) is 4.17. The highest BCUT2D eigenvalue weighted by atomic mass is 79.9. The molecule has 0 radical (unpaired) electrons. The third kappa shape index (κ3) is 3.18. The van der Waals surface area contributed by atoms with Crippen molar-refractivity contribution in [2.24, 2.45) is 0 Å². The van der Waals surface area contributed by atoms with Crippen LogP contribution in [0.3, 0.4) is 0 Å². The molecule has 1 unspecified atom stereocenters. The third-order valence-corrected chi connectivity index (χ3v) is 4.13. The lowest BCUT2D eigenvalue weighted by Gasteiger charge is -2.29. The Hall–Kier alpha value is -1.42. The molecule has 1 heterocycles. The number of halogens is 1. The third-order valence-electron chi connectivity index (χ3n) is 3.74. The smallest absolute Gasteiger partial charge is 0.252 e. The molecule has 2 rings (SSSR count). The quantitative estimate of drug-likeness (QED) is 0.842. The molecular weight excluding hydrogens is 316 g/mol. The van der Waals surface area contributed by atoms with Crippen LogP contribution in [0.1, 0.15) is 37.0 Å². The van der Waals surface area contributed by atoms with E-state index in [1.807, 2.05) is 24.3 Å². The SMILES string of the molecule is CCC(C)(CCBr)NC(=O)c1ccnc2ccccc12. The molecule has 1 atom stereocenters. The van der Waals surface area contributed by atoms with Crippen LogP contribution in [0.4, 0.5) is 0 Å². The predicted octanol–water partition coefficient (Wildman–Crippen LogP) is 3.92. The van der Waals surface area contributed by atoms with Crippen molar-refractivity contribution < 1.29 is 4.79 Å². The van der Waals surface area contributed by atoms with Crippen molar-refractivity contribution in [3.8, 4) is 0 Å². The van der Waals surface area contributed by atoms with Crippen molar-refractivity contribution >= 4 is 32.7 Å². The number of amides is 1. The summed E-state index contributed by atoms with van der Waals surface area (Å²) >= 11 is 3.45. The van der Waals surface area contributed by atoms with Crippen molar-refractivity contribution in [1.29, 1.82) is 0 Å².